The molecule has 0 amide bonds. The lowest BCUT2D eigenvalue weighted by Gasteiger charge is -2.13. The molecule has 0 aliphatic rings. The fourth-order valence-corrected chi connectivity index (χ4v) is 1.94. The van der Waals surface area contributed by atoms with E-state index in [1.165, 1.54) is 11.1 Å². The van der Waals surface area contributed by atoms with Gasteiger partial charge in [0.2, 0.25) is 0 Å². The Kier molecular flexibility index (Phi) is 3.05. The number of ether oxygens (including phenoxy) is 1. The first-order valence-corrected chi connectivity index (χ1v) is 5.63. The molecule has 0 aromatic heterocycles. The van der Waals surface area contributed by atoms with Gasteiger partial charge in [0.05, 0.1) is 7.11 Å². The maximum atomic E-state index is 5.70. The van der Waals surface area contributed by atoms with Crippen LogP contribution < -0.4 is 10.5 Å². The minimum atomic E-state index is 0.775. The summed E-state index contributed by atoms with van der Waals surface area (Å²) in [6, 6.07) is 12.0. The molecular weight excluding hydrogens is 210 g/mol. The Morgan fingerprint density at radius 3 is 2.18 bits per heavy atom. The zero-order chi connectivity index (χ0) is 12.4. The molecule has 0 aliphatic carbocycles. The first kappa shape index (κ1) is 11.5. The van der Waals surface area contributed by atoms with Crippen LogP contribution in [0, 0.1) is 13.8 Å². The van der Waals surface area contributed by atoms with Gasteiger partial charge in [-0.05, 0) is 42.7 Å². The number of hydrogen-bond donors (Lipinski definition) is 1. The Bertz CT molecular complexity index is 529. The summed E-state index contributed by atoms with van der Waals surface area (Å²) in [6.07, 6.45) is 0. The molecule has 0 fully saturated rings. The molecule has 0 unspecified atom stereocenters. The Hall–Kier alpha value is -1.96. The largest absolute Gasteiger partial charge is 0.496 e. The lowest BCUT2D eigenvalue weighted by Crippen LogP contribution is -1.94. The average Bonchev–Trinajstić information content (AvgIpc) is 2.34. The van der Waals surface area contributed by atoms with Gasteiger partial charge in [-0.2, -0.15) is 0 Å². The van der Waals surface area contributed by atoms with Crippen molar-refractivity contribution in [3.8, 4) is 16.9 Å². The normalized spacial score (nSPS) is 10.3. The molecule has 0 spiro atoms. The molecule has 88 valence electrons. The van der Waals surface area contributed by atoms with E-state index in [4.69, 9.17) is 10.5 Å². The van der Waals surface area contributed by atoms with Crippen LogP contribution in [0.25, 0.3) is 11.1 Å². The van der Waals surface area contributed by atoms with E-state index in [0.29, 0.717) is 0 Å². The van der Waals surface area contributed by atoms with Crippen molar-refractivity contribution in [3.05, 3.63) is 47.5 Å². The smallest absolute Gasteiger partial charge is 0.129 e. The van der Waals surface area contributed by atoms with Gasteiger partial charge >= 0.3 is 0 Å². The summed E-state index contributed by atoms with van der Waals surface area (Å²) in [5.74, 6) is 0.940. The van der Waals surface area contributed by atoms with Gasteiger partial charge in [-0.3, -0.25) is 0 Å². The van der Waals surface area contributed by atoms with Crippen molar-refractivity contribution >= 4 is 5.69 Å². The second kappa shape index (κ2) is 4.50. The summed E-state index contributed by atoms with van der Waals surface area (Å²) in [6.45, 7) is 4.17. The number of methoxy groups -OCH3 is 1. The highest BCUT2D eigenvalue weighted by molar-refractivity contribution is 5.74. The number of nitrogens with two attached hydrogens (primary N) is 1. The zero-order valence-electron chi connectivity index (χ0n) is 10.4. The van der Waals surface area contributed by atoms with Crippen molar-refractivity contribution in [2.75, 3.05) is 12.8 Å². The van der Waals surface area contributed by atoms with Crippen LogP contribution in [0.1, 0.15) is 11.1 Å². The average molecular weight is 227 g/mol. The first-order valence-electron chi connectivity index (χ1n) is 5.63. The summed E-state index contributed by atoms with van der Waals surface area (Å²) in [5, 5.41) is 0. The van der Waals surface area contributed by atoms with Gasteiger partial charge in [0, 0.05) is 11.3 Å². The molecule has 2 N–H and O–H groups in total. The van der Waals surface area contributed by atoms with Crippen molar-refractivity contribution < 1.29 is 4.74 Å². The summed E-state index contributed by atoms with van der Waals surface area (Å²) < 4.78 is 5.51. The topological polar surface area (TPSA) is 35.2 Å². The van der Waals surface area contributed by atoms with Gasteiger partial charge < -0.3 is 10.5 Å². The predicted molar refractivity (Wildman–Crippen MR) is 72.3 cm³/mol. The van der Waals surface area contributed by atoms with Crippen LogP contribution in [-0.4, -0.2) is 7.11 Å². The lowest BCUT2D eigenvalue weighted by atomic mass is 9.98. The Balaban J connectivity index is 2.59. The summed E-state index contributed by atoms with van der Waals surface area (Å²) >= 11 is 0. The highest BCUT2D eigenvalue weighted by Crippen LogP contribution is 2.34. The third kappa shape index (κ3) is 2.11. The number of benzene rings is 2. The fraction of sp³-hybridized carbons (Fsp3) is 0.200. The van der Waals surface area contributed by atoms with Crippen LogP contribution >= 0.6 is 0 Å². The predicted octanol–water partition coefficient (Wildman–Crippen LogP) is 3.56. The lowest BCUT2D eigenvalue weighted by molar-refractivity contribution is 0.413. The minimum Gasteiger partial charge on any atom is -0.496 e. The van der Waals surface area contributed by atoms with Gasteiger partial charge in [0.25, 0.3) is 0 Å². The van der Waals surface area contributed by atoms with Crippen LogP contribution in [0.5, 0.6) is 5.75 Å². The molecule has 2 aromatic rings. The van der Waals surface area contributed by atoms with Crippen molar-refractivity contribution in [2.45, 2.75) is 13.8 Å². The summed E-state index contributed by atoms with van der Waals surface area (Å²) in [5.41, 5.74) is 11.1. The van der Waals surface area contributed by atoms with Crippen molar-refractivity contribution in [1.29, 1.82) is 0 Å². The third-order valence-corrected chi connectivity index (χ3v) is 3.10. The molecule has 0 atom stereocenters. The molecule has 2 heteroatoms. The maximum absolute atomic E-state index is 5.70. The van der Waals surface area contributed by atoms with Gasteiger partial charge in [0.1, 0.15) is 5.75 Å². The molecule has 17 heavy (non-hydrogen) atoms. The molecule has 0 saturated heterocycles. The number of anilines is 1. The van der Waals surface area contributed by atoms with Gasteiger partial charge in [-0.1, -0.05) is 24.3 Å². The van der Waals surface area contributed by atoms with Gasteiger partial charge in [0.15, 0.2) is 0 Å². The highest BCUT2D eigenvalue weighted by atomic mass is 16.5. The van der Waals surface area contributed by atoms with E-state index >= 15 is 0 Å². The van der Waals surface area contributed by atoms with Gasteiger partial charge in [-0.15, -0.1) is 0 Å². The molecule has 2 nitrogen and oxygen atoms in total. The van der Waals surface area contributed by atoms with Crippen molar-refractivity contribution in [1.82, 2.24) is 0 Å². The van der Waals surface area contributed by atoms with Crippen LogP contribution in [0.2, 0.25) is 0 Å². The van der Waals surface area contributed by atoms with Gasteiger partial charge in [-0.25, -0.2) is 0 Å². The Morgan fingerprint density at radius 2 is 1.59 bits per heavy atom. The van der Waals surface area contributed by atoms with E-state index in [1.807, 2.05) is 24.3 Å². The molecule has 2 aromatic carbocycles. The van der Waals surface area contributed by atoms with Crippen molar-refractivity contribution in [3.63, 3.8) is 0 Å². The van der Waals surface area contributed by atoms with Crippen LogP contribution in [-0.2, 0) is 0 Å². The fourth-order valence-electron chi connectivity index (χ4n) is 1.94. The molecule has 0 radical (unpaired) electrons. The number of hydrogen-bond acceptors (Lipinski definition) is 2. The second-order valence-electron chi connectivity index (χ2n) is 4.21. The van der Waals surface area contributed by atoms with E-state index in [0.717, 1.165) is 22.6 Å². The number of nitrogen functional groups attached to an aromatic ring is 1. The van der Waals surface area contributed by atoms with Crippen LogP contribution in [0.4, 0.5) is 5.69 Å². The monoisotopic (exact) mass is 227 g/mol. The second-order valence-corrected chi connectivity index (χ2v) is 4.21. The first-order chi connectivity index (χ1) is 8.13. The molecule has 0 aliphatic heterocycles. The quantitative estimate of drug-likeness (QED) is 0.796. The standard InChI is InChI=1S/C15H17NO/c1-10-4-9-14(15(17-3)11(10)2)12-5-7-13(16)8-6-12/h4-9H,16H2,1-3H3. The van der Waals surface area contributed by atoms with E-state index < -0.39 is 0 Å². The van der Waals surface area contributed by atoms with Crippen LogP contribution in [0.3, 0.4) is 0 Å². The van der Waals surface area contributed by atoms with E-state index in [-0.39, 0.29) is 0 Å². The van der Waals surface area contributed by atoms with E-state index in [1.54, 1.807) is 7.11 Å². The summed E-state index contributed by atoms with van der Waals surface area (Å²) in [7, 11) is 1.71. The molecule has 0 saturated carbocycles. The number of aryl methyl sites for hydroxylation is 1. The van der Waals surface area contributed by atoms with E-state index in [2.05, 4.69) is 26.0 Å². The Labute approximate surface area is 102 Å². The molecular formula is C15H17NO. The highest BCUT2D eigenvalue weighted by Gasteiger charge is 2.09. The van der Waals surface area contributed by atoms with Crippen molar-refractivity contribution in [2.24, 2.45) is 0 Å². The van der Waals surface area contributed by atoms with E-state index in [9.17, 15) is 0 Å². The maximum Gasteiger partial charge on any atom is 0.129 e. The molecule has 0 bridgehead atoms. The summed E-state index contributed by atoms with van der Waals surface area (Å²) in [4.78, 5) is 0. The number of rotatable bonds is 2. The third-order valence-electron chi connectivity index (χ3n) is 3.10. The minimum absolute atomic E-state index is 0.775. The zero-order valence-corrected chi connectivity index (χ0v) is 10.4. The molecule has 0 heterocycles. The molecule has 2 rings (SSSR count). The Morgan fingerprint density at radius 1 is 0.941 bits per heavy atom. The van der Waals surface area contributed by atoms with Crippen LogP contribution in [0.15, 0.2) is 36.4 Å². The SMILES string of the molecule is COc1c(-c2ccc(N)cc2)ccc(C)c1C.